The topological polar surface area (TPSA) is 58.6 Å². The Morgan fingerprint density at radius 2 is 1.95 bits per heavy atom. The first-order valence-electron chi connectivity index (χ1n) is 7.80. The van der Waals surface area contributed by atoms with Crippen LogP contribution < -0.4 is 5.32 Å². The maximum absolute atomic E-state index is 12.1. The second kappa shape index (κ2) is 7.50. The van der Waals surface area contributed by atoms with Gasteiger partial charge in [0.25, 0.3) is 0 Å². The summed E-state index contributed by atoms with van der Waals surface area (Å²) in [4.78, 5) is 25.0. The molecule has 5 heteroatoms. The molecule has 0 aromatic heterocycles. The van der Waals surface area contributed by atoms with Crippen LogP contribution in [0.1, 0.15) is 44.9 Å². The van der Waals surface area contributed by atoms with E-state index in [0.717, 1.165) is 25.4 Å². The molecular weight excluding hydrogens is 256 g/mol. The quantitative estimate of drug-likeness (QED) is 0.635. The summed E-state index contributed by atoms with van der Waals surface area (Å²) in [6.45, 7) is 2.33. The van der Waals surface area contributed by atoms with Crippen molar-refractivity contribution in [1.82, 2.24) is 10.2 Å². The highest BCUT2D eigenvalue weighted by Crippen LogP contribution is 2.35. The van der Waals surface area contributed by atoms with Crippen molar-refractivity contribution in [2.75, 3.05) is 26.7 Å². The number of amides is 2. The summed E-state index contributed by atoms with van der Waals surface area (Å²) in [5.41, 5.74) is 0. The van der Waals surface area contributed by atoms with E-state index in [9.17, 15) is 9.59 Å². The number of ether oxygens (including phenoxy) is 1. The van der Waals surface area contributed by atoms with E-state index in [0.29, 0.717) is 25.3 Å². The predicted octanol–water partition coefficient (Wildman–Crippen LogP) is 2.16. The Bertz CT molecular complexity index is 346. The molecule has 2 aliphatic rings. The number of methoxy groups -OCH3 is 1. The fourth-order valence-electron chi connectivity index (χ4n) is 3.43. The van der Waals surface area contributed by atoms with E-state index in [1.54, 1.807) is 0 Å². The van der Waals surface area contributed by atoms with Crippen LogP contribution >= 0.6 is 0 Å². The largest absolute Gasteiger partial charge is 0.469 e. The molecule has 0 radical (unpaired) electrons. The SMILES string of the molecule is COC(=O)CCCNC(=O)N1CCC2CCCCC2C1. The Morgan fingerprint density at radius 1 is 1.20 bits per heavy atom. The van der Waals surface area contributed by atoms with E-state index in [1.165, 1.54) is 32.8 Å². The van der Waals surface area contributed by atoms with Crippen molar-refractivity contribution < 1.29 is 14.3 Å². The number of nitrogens with one attached hydrogen (secondary N) is 1. The molecule has 0 aromatic rings. The van der Waals surface area contributed by atoms with Crippen molar-refractivity contribution in [2.24, 2.45) is 11.8 Å². The summed E-state index contributed by atoms with van der Waals surface area (Å²) >= 11 is 0. The van der Waals surface area contributed by atoms with E-state index < -0.39 is 0 Å². The molecule has 2 amide bonds. The molecule has 0 aromatic carbocycles. The molecule has 5 nitrogen and oxygen atoms in total. The van der Waals surface area contributed by atoms with Crippen LogP contribution in [0.15, 0.2) is 0 Å². The van der Waals surface area contributed by atoms with Gasteiger partial charge >= 0.3 is 12.0 Å². The maximum atomic E-state index is 12.1. The van der Waals surface area contributed by atoms with Crippen molar-refractivity contribution in [2.45, 2.75) is 44.9 Å². The summed E-state index contributed by atoms with van der Waals surface area (Å²) in [5.74, 6) is 1.33. The molecule has 2 rings (SSSR count). The highest BCUT2D eigenvalue weighted by Gasteiger charge is 2.32. The molecule has 1 saturated heterocycles. The average Bonchev–Trinajstić information content (AvgIpc) is 2.50. The minimum absolute atomic E-state index is 0.0267. The standard InChI is InChI=1S/C15H26N2O3/c1-20-14(18)7-4-9-16-15(19)17-10-8-12-5-2-3-6-13(12)11-17/h12-13H,2-11H2,1H3,(H,16,19). The molecule has 114 valence electrons. The van der Waals surface area contributed by atoms with Gasteiger partial charge < -0.3 is 15.0 Å². The van der Waals surface area contributed by atoms with E-state index in [-0.39, 0.29) is 12.0 Å². The Hall–Kier alpha value is -1.26. The predicted molar refractivity (Wildman–Crippen MR) is 76.3 cm³/mol. The third-order valence-electron chi connectivity index (χ3n) is 4.64. The van der Waals surface area contributed by atoms with E-state index in [4.69, 9.17) is 0 Å². The van der Waals surface area contributed by atoms with Crippen molar-refractivity contribution in [1.29, 1.82) is 0 Å². The van der Waals surface area contributed by atoms with Gasteiger partial charge in [-0.15, -0.1) is 0 Å². The van der Waals surface area contributed by atoms with Crippen LogP contribution in [0.3, 0.4) is 0 Å². The summed E-state index contributed by atoms with van der Waals surface area (Å²) in [5, 5.41) is 2.91. The third kappa shape index (κ3) is 4.12. The molecule has 2 atom stereocenters. The Balaban J connectivity index is 1.66. The van der Waals surface area contributed by atoms with Crippen molar-refractivity contribution in [3.05, 3.63) is 0 Å². The van der Waals surface area contributed by atoms with Gasteiger partial charge in [-0.25, -0.2) is 4.79 Å². The monoisotopic (exact) mass is 282 g/mol. The number of piperidine rings is 1. The van der Waals surface area contributed by atoms with Crippen molar-refractivity contribution in [3.8, 4) is 0 Å². The van der Waals surface area contributed by atoms with Gasteiger partial charge in [0.1, 0.15) is 0 Å². The minimum Gasteiger partial charge on any atom is -0.469 e. The van der Waals surface area contributed by atoms with Crippen LogP contribution in [-0.4, -0.2) is 43.6 Å². The maximum Gasteiger partial charge on any atom is 0.317 e. The number of likely N-dealkylation sites (tertiary alicyclic amines) is 1. The van der Waals surface area contributed by atoms with Gasteiger partial charge in [0.2, 0.25) is 0 Å². The Morgan fingerprint density at radius 3 is 2.70 bits per heavy atom. The number of rotatable bonds is 4. The highest BCUT2D eigenvalue weighted by atomic mass is 16.5. The van der Waals surface area contributed by atoms with Crippen LogP contribution in [0.2, 0.25) is 0 Å². The lowest BCUT2D eigenvalue weighted by Gasteiger charge is -2.41. The minimum atomic E-state index is -0.220. The first kappa shape index (κ1) is 15.1. The Kier molecular flexibility index (Phi) is 5.68. The summed E-state index contributed by atoms with van der Waals surface area (Å²) < 4.78 is 4.57. The normalized spacial score (nSPS) is 25.8. The van der Waals surface area contributed by atoms with Gasteiger partial charge in [-0.2, -0.15) is 0 Å². The van der Waals surface area contributed by atoms with Crippen LogP contribution in [0, 0.1) is 11.8 Å². The molecular formula is C15H26N2O3. The lowest BCUT2D eigenvalue weighted by atomic mass is 9.75. The van der Waals surface area contributed by atoms with Gasteiger partial charge in [0.05, 0.1) is 7.11 Å². The van der Waals surface area contributed by atoms with E-state index in [1.807, 2.05) is 4.90 Å². The van der Waals surface area contributed by atoms with Gasteiger partial charge in [-0.3, -0.25) is 4.79 Å². The summed E-state index contributed by atoms with van der Waals surface area (Å²) in [6.07, 6.45) is 7.45. The number of carbonyl (C=O) groups excluding carboxylic acids is 2. The Labute approximate surface area is 121 Å². The average molecular weight is 282 g/mol. The molecule has 1 aliphatic heterocycles. The molecule has 0 bridgehead atoms. The lowest BCUT2D eigenvalue weighted by Crippen LogP contribution is -2.48. The van der Waals surface area contributed by atoms with Gasteiger partial charge in [-0.1, -0.05) is 19.3 Å². The molecule has 20 heavy (non-hydrogen) atoms. The molecule has 2 unspecified atom stereocenters. The van der Waals surface area contributed by atoms with E-state index >= 15 is 0 Å². The fraction of sp³-hybridized carbons (Fsp3) is 0.867. The van der Waals surface area contributed by atoms with Gasteiger partial charge in [-0.05, 0) is 31.1 Å². The number of hydrogen-bond donors (Lipinski definition) is 1. The fourth-order valence-corrected chi connectivity index (χ4v) is 3.43. The lowest BCUT2D eigenvalue weighted by molar-refractivity contribution is -0.140. The molecule has 1 N–H and O–H groups in total. The third-order valence-corrected chi connectivity index (χ3v) is 4.64. The zero-order chi connectivity index (χ0) is 14.4. The number of esters is 1. The number of nitrogens with zero attached hydrogens (tertiary/aromatic N) is 1. The smallest absolute Gasteiger partial charge is 0.317 e. The molecule has 1 saturated carbocycles. The van der Waals surface area contributed by atoms with Crippen LogP contribution in [0.4, 0.5) is 4.79 Å². The van der Waals surface area contributed by atoms with Crippen LogP contribution in [0.5, 0.6) is 0 Å². The molecule has 1 aliphatic carbocycles. The number of carbonyl (C=O) groups is 2. The molecule has 0 spiro atoms. The first-order valence-corrected chi connectivity index (χ1v) is 7.80. The number of urea groups is 1. The highest BCUT2D eigenvalue weighted by molar-refractivity contribution is 5.74. The zero-order valence-electron chi connectivity index (χ0n) is 12.4. The summed E-state index contributed by atoms with van der Waals surface area (Å²) in [6, 6.07) is 0.0267. The first-order chi connectivity index (χ1) is 9.70. The number of fused-ring (bicyclic) bond motifs is 1. The van der Waals surface area contributed by atoms with Crippen molar-refractivity contribution >= 4 is 12.0 Å². The van der Waals surface area contributed by atoms with Gasteiger partial charge in [0.15, 0.2) is 0 Å². The second-order valence-electron chi connectivity index (χ2n) is 5.95. The molecule has 1 heterocycles. The zero-order valence-corrected chi connectivity index (χ0v) is 12.4. The van der Waals surface area contributed by atoms with Crippen LogP contribution in [-0.2, 0) is 9.53 Å². The van der Waals surface area contributed by atoms with Crippen LogP contribution in [0.25, 0.3) is 0 Å². The second-order valence-corrected chi connectivity index (χ2v) is 5.95. The van der Waals surface area contributed by atoms with Crippen molar-refractivity contribution in [3.63, 3.8) is 0 Å². The number of hydrogen-bond acceptors (Lipinski definition) is 3. The summed E-state index contributed by atoms with van der Waals surface area (Å²) in [7, 11) is 1.38. The van der Waals surface area contributed by atoms with Gasteiger partial charge in [0, 0.05) is 26.1 Å². The molecule has 2 fully saturated rings. The van der Waals surface area contributed by atoms with E-state index in [2.05, 4.69) is 10.1 Å².